The zero-order valence-corrected chi connectivity index (χ0v) is 15.7. The summed E-state index contributed by atoms with van der Waals surface area (Å²) >= 11 is 0. The van der Waals surface area contributed by atoms with E-state index in [2.05, 4.69) is 20.8 Å². The second-order valence-corrected chi connectivity index (χ2v) is 6.17. The summed E-state index contributed by atoms with van der Waals surface area (Å²) in [4.78, 5) is 12.4. The van der Waals surface area contributed by atoms with Crippen LogP contribution in [-0.2, 0) is 12.6 Å². The maximum Gasteiger partial charge on any atom is 0.416 e. The van der Waals surface area contributed by atoms with Gasteiger partial charge in [-0.25, -0.2) is 4.79 Å². The monoisotopic (exact) mass is 404 g/mol. The average Bonchev–Trinajstić information content (AvgIpc) is 3.10. The number of benzene rings is 2. The van der Waals surface area contributed by atoms with Crippen LogP contribution in [0.25, 0.3) is 11.3 Å². The molecule has 0 saturated carbocycles. The van der Waals surface area contributed by atoms with Crippen molar-refractivity contribution in [2.45, 2.75) is 19.5 Å². The lowest BCUT2D eigenvalue weighted by Crippen LogP contribution is -2.20. The molecule has 3 N–H and O–H groups in total. The number of halogens is 3. The summed E-state index contributed by atoms with van der Waals surface area (Å²) in [6, 6.07) is 10.8. The molecule has 1 aromatic heterocycles. The molecule has 1 heterocycles. The number of ether oxygens (including phenoxy) is 1. The van der Waals surface area contributed by atoms with Crippen LogP contribution in [0.4, 0.5) is 29.3 Å². The normalized spacial score (nSPS) is 11.2. The summed E-state index contributed by atoms with van der Waals surface area (Å²) < 4.78 is 43.2. The first-order chi connectivity index (χ1) is 13.8. The summed E-state index contributed by atoms with van der Waals surface area (Å²) in [5.41, 5.74) is 1.93. The second-order valence-electron chi connectivity index (χ2n) is 6.17. The molecular formula is C20H19F3N4O2. The number of nitrogens with one attached hydrogen (secondary N) is 3. The number of hydrogen-bond acceptors (Lipinski definition) is 3. The summed E-state index contributed by atoms with van der Waals surface area (Å²) in [5.74, 6) is 0.642. The Morgan fingerprint density at radius 2 is 1.86 bits per heavy atom. The van der Waals surface area contributed by atoms with Crippen molar-refractivity contribution in [1.29, 1.82) is 0 Å². The number of aryl methyl sites for hydroxylation is 1. The number of amides is 2. The average molecular weight is 404 g/mol. The molecule has 0 bridgehead atoms. The first kappa shape index (κ1) is 20.2. The van der Waals surface area contributed by atoms with Gasteiger partial charge in [0.25, 0.3) is 0 Å². The summed E-state index contributed by atoms with van der Waals surface area (Å²) in [5, 5.41) is 12.4. The minimum Gasteiger partial charge on any atom is -0.497 e. The van der Waals surface area contributed by atoms with Gasteiger partial charge in [0.1, 0.15) is 11.4 Å². The molecule has 29 heavy (non-hydrogen) atoms. The molecule has 0 aliphatic carbocycles. The fourth-order valence-electron chi connectivity index (χ4n) is 2.77. The quantitative estimate of drug-likeness (QED) is 0.539. The highest BCUT2D eigenvalue weighted by Gasteiger charge is 2.30. The summed E-state index contributed by atoms with van der Waals surface area (Å²) in [6.45, 7) is 1.90. The number of rotatable bonds is 5. The highest BCUT2D eigenvalue weighted by Crippen LogP contribution is 2.32. The van der Waals surface area contributed by atoms with E-state index in [0.29, 0.717) is 29.2 Å². The van der Waals surface area contributed by atoms with Crippen molar-refractivity contribution in [2.24, 2.45) is 0 Å². The number of carbonyl (C=O) groups is 1. The van der Waals surface area contributed by atoms with E-state index in [1.807, 2.05) is 13.0 Å². The molecule has 0 unspecified atom stereocenters. The number of H-pyrrole nitrogens is 1. The third-order valence-corrected chi connectivity index (χ3v) is 4.25. The van der Waals surface area contributed by atoms with Crippen LogP contribution in [-0.4, -0.2) is 23.3 Å². The van der Waals surface area contributed by atoms with Crippen LogP contribution in [0.1, 0.15) is 18.2 Å². The van der Waals surface area contributed by atoms with Crippen LogP contribution in [0.15, 0.2) is 48.5 Å². The van der Waals surface area contributed by atoms with Gasteiger partial charge in [0.05, 0.1) is 24.1 Å². The van der Waals surface area contributed by atoms with Crippen LogP contribution < -0.4 is 15.4 Å². The molecule has 0 spiro atoms. The topological polar surface area (TPSA) is 79.0 Å². The molecule has 0 aliphatic heterocycles. The predicted octanol–water partition coefficient (Wildman–Crippen LogP) is 5.31. The molecule has 152 valence electrons. The second kappa shape index (κ2) is 8.26. The zero-order chi connectivity index (χ0) is 21.0. The third kappa shape index (κ3) is 4.68. The highest BCUT2D eigenvalue weighted by molar-refractivity contribution is 6.02. The van der Waals surface area contributed by atoms with Gasteiger partial charge in [0.2, 0.25) is 0 Å². The predicted molar refractivity (Wildman–Crippen MR) is 104 cm³/mol. The minimum absolute atomic E-state index is 0.236. The van der Waals surface area contributed by atoms with Gasteiger partial charge in [-0.15, -0.1) is 0 Å². The fraction of sp³-hybridized carbons (Fsp3) is 0.200. The molecule has 0 aliphatic rings. The number of alkyl halides is 3. The summed E-state index contributed by atoms with van der Waals surface area (Å²) in [7, 11) is 1.55. The van der Waals surface area contributed by atoms with E-state index in [1.54, 1.807) is 25.3 Å². The number of urea groups is 1. The van der Waals surface area contributed by atoms with Crippen molar-refractivity contribution in [3.63, 3.8) is 0 Å². The molecular weight excluding hydrogens is 385 g/mol. The smallest absolute Gasteiger partial charge is 0.416 e. The number of nitrogens with zero attached hydrogens (tertiary/aromatic N) is 1. The van der Waals surface area contributed by atoms with Crippen molar-refractivity contribution < 1.29 is 22.7 Å². The molecule has 6 nitrogen and oxygen atoms in total. The van der Waals surface area contributed by atoms with Gasteiger partial charge < -0.3 is 15.4 Å². The lowest BCUT2D eigenvalue weighted by molar-refractivity contribution is -0.137. The van der Waals surface area contributed by atoms with Crippen LogP contribution in [0.3, 0.4) is 0 Å². The molecule has 0 atom stereocenters. The number of methoxy groups -OCH3 is 1. The number of aromatic amines is 1. The molecule has 2 amide bonds. The van der Waals surface area contributed by atoms with E-state index >= 15 is 0 Å². The molecule has 3 aromatic rings. The molecule has 0 fully saturated rings. The van der Waals surface area contributed by atoms with E-state index in [4.69, 9.17) is 4.74 Å². The van der Waals surface area contributed by atoms with E-state index in [0.717, 1.165) is 17.7 Å². The largest absolute Gasteiger partial charge is 0.497 e. The van der Waals surface area contributed by atoms with E-state index in [-0.39, 0.29) is 5.69 Å². The zero-order valence-electron chi connectivity index (χ0n) is 15.7. The maximum atomic E-state index is 12.7. The van der Waals surface area contributed by atoms with Crippen LogP contribution >= 0.6 is 0 Å². The van der Waals surface area contributed by atoms with Gasteiger partial charge >= 0.3 is 12.2 Å². The standard InChI is InChI=1S/C20H19F3N4O2/c1-3-16-18(17(27-26-16)12-5-4-6-15(11-12)29-2)25-19(28)24-14-9-7-13(8-10-14)20(21,22)23/h4-11H,3H2,1-2H3,(H,26,27)(H2,24,25,28). The molecule has 3 rings (SSSR count). The Morgan fingerprint density at radius 3 is 2.48 bits per heavy atom. The van der Waals surface area contributed by atoms with Crippen LogP contribution in [0.5, 0.6) is 5.75 Å². The third-order valence-electron chi connectivity index (χ3n) is 4.25. The maximum absolute atomic E-state index is 12.7. The highest BCUT2D eigenvalue weighted by atomic mass is 19.4. The van der Waals surface area contributed by atoms with Crippen molar-refractivity contribution in [3.05, 3.63) is 59.8 Å². The number of hydrogen-bond donors (Lipinski definition) is 3. The van der Waals surface area contributed by atoms with Crippen molar-refractivity contribution in [1.82, 2.24) is 10.2 Å². The van der Waals surface area contributed by atoms with Crippen LogP contribution in [0.2, 0.25) is 0 Å². The van der Waals surface area contributed by atoms with E-state index < -0.39 is 17.8 Å². The van der Waals surface area contributed by atoms with Gasteiger partial charge in [-0.3, -0.25) is 5.10 Å². The van der Waals surface area contributed by atoms with E-state index in [9.17, 15) is 18.0 Å². The first-order valence-electron chi connectivity index (χ1n) is 8.78. The van der Waals surface area contributed by atoms with Crippen molar-refractivity contribution in [2.75, 3.05) is 17.7 Å². The Labute approximate surface area is 165 Å². The lowest BCUT2D eigenvalue weighted by Gasteiger charge is -2.11. The SMILES string of the molecule is CCc1[nH]nc(-c2cccc(OC)c2)c1NC(=O)Nc1ccc(C(F)(F)F)cc1. The van der Waals surface area contributed by atoms with Gasteiger partial charge in [-0.2, -0.15) is 18.3 Å². The van der Waals surface area contributed by atoms with Gasteiger partial charge in [0.15, 0.2) is 0 Å². The van der Waals surface area contributed by atoms with Gasteiger partial charge in [0, 0.05) is 11.3 Å². The number of aromatic nitrogens is 2. The Bertz CT molecular complexity index is 998. The lowest BCUT2D eigenvalue weighted by atomic mass is 10.1. The van der Waals surface area contributed by atoms with Crippen molar-refractivity contribution >= 4 is 17.4 Å². The molecule has 0 radical (unpaired) electrons. The fourth-order valence-corrected chi connectivity index (χ4v) is 2.77. The van der Waals surface area contributed by atoms with Crippen LogP contribution in [0, 0.1) is 0 Å². The summed E-state index contributed by atoms with van der Waals surface area (Å²) in [6.07, 6.45) is -3.84. The van der Waals surface area contributed by atoms with Gasteiger partial charge in [-0.1, -0.05) is 19.1 Å². The Balaban J connectivity index is 1.80. The molecule has 0 saturated heterocycles. The first-order valence-corrected chi connectivity index (χ1v) is 8.78. The van der Waals surface area contributed by atoms with Gasteiger partial charge in [-0.05, 0) is 42.8 Å². The molecule has 9 heteroatoms. The number of anilines is 2. The molecule has 2 aromatic carbocycles. The Kier molecular flexibility index (Phi) is 5.76. The minimum atomic E-state index is -4.43. The Morgan fingerprint density at radius 1 is 1.14 bits per heavy atom. The Hall–Kier alpha value is -3.49. The van der Waals surface area contributed by atoms with E-state index in [1.165, 1.54) is 12.1 Å². The van der Waals surface area contributed by atoms with Crippen molar-refractivity contribution in [3.8, 4) is 17.0 Å². The number of carbonyl (C=O) groups excluding carboxylic acids is 1.